The Morgan fingerprint density at radius 3 is 1.02 bits per heavy atom. The zero-order valence-electron chi connectivity index (χ0n) is 54.3. The molecule has 16 nitrogen and oxygen atoms in total. The van der Waals surface area contributed by atoms with E-state index in [2.05, 4.69) is 161 Å². The van der Waals surface area contributed by atoms with Gasteiger partial charge in [0.1, 0.15) is 25.4 Å². The Kier molecular flexibility index (Phi) is 59.9. The summed E-state index contributed by atoms with van der Waals surface area (Å²) in [5.74, 6) is -1.72. The van der Waals surface area contributed by atoms with Crippen LogP contribution in [-0.2, 0) is 55.8 Å². The number of esters is 3. The van der Waals surface area contributed by atoms with Crippen molar-refractivity contribution in [2.45, 2.75) is 232 Å². The number of phosphoric ester groups is 2. The van der Waals surface area contributed by atoms with Crippen molar-refractivity contribution in [2.75, 3.05) is 39.6 Å². The number of phosphoric acid groups is 2. The van der Waals surface area contributed by atoms with E-state index in [0.717, 1.165) is 135 Å². The summed E-state index contributed by atoms with van der Waals surface area (Å²) in [6.07, 6.45) is 76.1. The minimum Gasteiger partial charge on any atom is -0.463 e. The van der Waals surface area contributed by atoms with Crippen LogP contribution in [0.15, 0.2) is 158 Å². The molecular formula is C71H114O16P2. The first-order valence-electron chi connectivity index (χ1n) is 32.8. The monoisotopic (exact) mass is 1280 g/mol. The molecule has 0 radical (unpaired) electrons. The van der Waals surface area contributed by atoms with E-state index in [9.17, 15) is 43.5 Å². The molecule has 0 aromatic rings. The largest absolute Gasteiger partial charge is 0.472 e. The van der Waals surface area contributed by atoms with Crippen LogP contribution in [0.25, 0.3) is 0 Å². The second-order valence-corrected chi connectivity index (χ2v) is 24.1. The number of aliphatic hydroxyl groups is 2. The molecule has 0 rings (SSSR count). The van der Waals surface area contributed by atoms with Crippen LogP contribution in [0.2, 0.25) is 0 Å². The lowest BCUT2D eigenvalue weighted by Gasteiger charge is -2.21. The molecule has 0 aliphatic carbocycles. The smallest absolute Gasteiger partial charge is 0.463 e. The van der Waals surface area contributed by atoms with Gasteiger partial charge in [-0.2, -0.15) is 0 Å². The van der Waals surface area contributed by atoms with Gasteiger partial charge in [0.15, 0.2) is 6.10 Å². The number of hydrogen-bond acceptors (Lipinski definition) is 14. The van der Waals surface area contributed by atoms with Gasteiger partial charge >= 0.3 is 33.6 Å². The number of ether oxygens (including phenoxy) is 3. The van der Waals surface area contributed by atoms with Gasteiger partial charge in [-0.05, 0) is 128 Å². The third-order valence-electron chi connectivity index (χ3n) is 12.7. The number of unbranched alkanes of at least 4 members (excludes halogenated alkanes) is 11. The van der Waals surface area contributed by atoms with Gasteiger partial charge in [0.25, 0.3) is 0 Å². The predicted molar refractivity (Wildman–Crippen MR) is 362 cm³/mol. The zero-order chi connectivity index (χ0) is 65.3. The minimum atomic E-state index is -4.95. The third-order valence-corrected chi connectivity index (χ3v) is 14.6. The summed E-state index contributed by atoms with van der Waals surface area (Å²) < 4.78 is 60.6. The lowest BCUT2D eigenvalue weighted by atomic mass is 10.1. The first kappa shape index (κ1) is 84.2. The highest BCUT2D eigenvalue weighted by Crippen LogP contribution is 2.45. The standard InChI is InChI=1S/C71H114O16P2/c1-4-7-10-13-16-19-22-24-26-28-30-31-32-33-35-37-38-40-43-45-48-51-54-57-69(74)81-60-66(72)61-83-88(77,78)84-62-67(73)63-85-89(79,80)86-65-68(87-71(76)59-56-53-50-47-42-21-18-15-12-9-6-3)64-82-70(75)58-55-52-49-46-44-41-39-36-34-29-27-25-23-20-17-14-11-8-5-2/h7-8,10-11,15-20,24-27,30-31,33-36,38,40-41,44,49,52,66-68,72-73H,4-6,9,12-14,21-23,28-29,32,37,39,42-43,45-48,50-51,53-65H2,1-3H3,(H,77,78)(H,79,80)/b10-7-,11-8-,18-15-,19-16-,20-17-,26-24-,27-25-,31-30-,35-33-,36-34-,40-38-,44-41-,52-49-. The van der Waals surface area contributed by atoms with Crippen LogP contribution in [0.1, 0.15) is 213 Å². The SMILES string of the molecule is CC/C=C\C/C=C\C/C=C\C/C=C\C/C=C\C/C=C\CCCCCCC(=O)OCC(O)COP(=O)(O)OCC(O)COP(=O)(O)OCC(COC(=O)CC/C=C\C/C=C\C/C=C\C/C=C\C/C=C\C/C=C\CC)OC(=O)CCCCCCC/C=C\CCCC. The molecule has 0 amide bonds. The molecule has 504 valence electrons. The molecule has 5 atom stereocenters. The van der Waals surface area contributed by atoms with Crippen LogP contribution in [0, 0.1) is 0 Å². The molecule has 0 aliphatic heterocycles. The fourth-order valence-electron chi connectivity index (χ4n) is 7.75. The number of aliphatic hydroxyl groups excluding tert-OH is 2. The van der Waals surface area contributed by atoms with Gasteiger partial charge in [-0.25, -0.2) is 9.13 Å². The third kappa shape index (κ3) is 64.5. The van der Waals surface area contributed by atoms with E-state index in [0.29, 0.717) is 25.7 Å². The highest BCUT2D eigenvalue weighted by Gasteiger charge is 2.29. The molecule has 0 bridgehead atoms. The van der Waals surface area contributed by atoms with E-state index in [1.807, 2.05) is 18.2 Å². The quantitative estimate of drug-likeness (QED) is 0.0146. The normalized spacial score (nSPS) is 15.3. The highest BCUT2D eigenvalue weighted by atomic mass is 31.2. The van der Waals surface area contributed by atoms with Gasteiger partial charge in [0, 0.05) is 19.3 Å². The summed E-state index contributed by atoms with van der Waals surface area (Å²) >= 11 is 0. The van der Waals surface area contributed by atoms with E-state index >= 15 is 0 Å². The number of carbonyl (C=O) groups is 3. The fourth-order valence-corrected chi connectivity index (χ4v) is 9.34. The maximum Gasteiger partial charge on any atom is 0.472 e. The molecule has 89 heavy (non-hydrogen) atoms. The maximum atomic E-state index is 12.8. The van der Waals surface area contributed by atoms with Crippen molar-refractivity contribution < 1.29 is 75.8 Å². The summed E-state index contributed by atoms with van der Waals surface area (Å²) in [7, 11) is -9.81. The van der Waals surface area contributed by atoms with Crippen molar-refractivity contribution in [1.82, 2.24) is 0 Å². The van der Waals surface area contributed by atoms with Crippen molar-refractivity contribution in [3.05, 3.63) is 158 Å². The Labute approximate surface area is 536 Å². The molecule has 0 aliphatic rings. The maximum absolute atomic E-state index is 12.8. The van der Waals surface area contributed by atoms with Crippen LogP contribution in [0.3, 0.4) is 0 Å². The van der Waals surface area contributed by atoms with Gasteiger partial charge in [0.2, 0.25) is 0 Å². The van der Waals surface area contributed by atoms with Crippen LogP contribution >= 0.6 is 15.6 Å². The number of hydrogen-bond donors (Lipinski definition) is 4. The average Bonchev–Trinajstić information content (AvgIpc) is 3.54. The van der Waals surface area contributed by atoms with Gasteiger partial charge in [-0.15, -0.1) is 0 Å². The second kappa shape index (κ2) is 63.3. The molecular weight excluding hydrogens is 1170 g/mol. The van der Waals surface area contributed by atoms with Gasteiger partial charge in [-0.1, -0.05) is 224 Å². The Morgan fingerprint density at radius 1 is 0.326 bits per heavy atom. The topological polar surface area (TPSA) is 231 Å². The fraction of sp³-hybridized carbons (Fsp3) is 0.592. The predicted octanol–water partition coefficient (Wildman–Crippen LogP) is 18.0. The molecule has 0 aromatic carbocycles. The van der Waals surface area contributed by atoms with E-state index in [1.165, 1.54) is 12.8 Å². The number of carbonyl (C=O) groups excluding carboxylic acids is 3. The molecule has 5 unspecified atom stereocenters. The van der Waals surface area contributed by atoms with Crippen molar-refractivity contribution in [2.24, 2.45) is 0 Å². The van der Waals surface area contributed by atoms with Crippen molar-refractivity contribution in [1.29, 1.82) is 0 Å². The van der Waals surface area contributed by atoms with E-state index < -0.39 is 91.5 Å². The first-order valence-corrected chi connectivity index (χ1v) is 35.8. The molecule has 18 heteroatoms. The first-order chi connectivity index (χ1) is 43.2. The lowest BCUT2D eigenvalue weighted by molar-refractivity contribution is -0.161. The van der Waals surface area contributed by atoms with Crippen LogP contribution in [-0.4, -0.2) is 95.9 Å². The summed E-state index contributed by atoms with van der Waals surface area (Å²) in [6.45, 7) is 2.22. The van der Waals surface area contributed by atoms with Crippen molar-refractivity contribution in [3.63, 3.8) is 0 Å². The summed E-state index contributed by atoms with van der Waals surface area (Å²) in [5.41, 5.74) is 0. The summed E-state index contributed by atoms with van der Waals surface area (Å²) in [5, 5.41) is 20.5. The second-order valence-electron chi connectivity index (χ2n) is 21.1. The highest BCUT2D eigenvalue weighted by molar-refractivity contribution is 7.47. The van der Waals surface area contributed by atoms with Gasteiger partial charge in [-0.3, -0.25) is 32.5 Å². The van der Waals surface area contributed by atoms with E-state index in [4.69, 9.17) is 32.3 Å². The molecule has 4 N–H and O–H groups in total. The molecule has 0 heterocycles. The van der Waals surface area contributed by atoms with Crippen LogP contribution < -0.4 is 0 Å². The van der Waals surface area contributed by atoms with E-state index in [-0.39, 0.29) is 19.3 Å². The molecule has 0 aromatic heterocycles. The molecule has 0 spiro atoms. The summed E-state index contributed by atoms with van der Waals surface area (Å²) in [4.78, 5) is 58.2. The molecule has 0 saturated heterocycles. The minimum absolute atomic E-state index is 0.0378. The molecule has 0 fully saturated rings. The van der Waals surface area contributed by atoms with Gasteiger partial charge in [0.05, 0.1) is 26.4 Å². The average molecular weight is 1290 g/mol. The van der Waals surface area contributed by atoms with E-state index in [1.54, 1.807) is 0 Å². The summed E-state index contributed by atoms with van der Waals surface area (Å²) in [6, 6.07) is 0. The lowest BCUT2D eigenvalue weighted by Crippen LogP contribution is -2.30. The number of allylic oxidation sites excluding steroid dienone is 26. The Balaban J connectivity index is 4.68. The zero-order valence-corrected chi connectivity index (χ0v) is 56.1. The Bertz CT molecular complexity index is 2250. The Morgan fingerprint density at radius 2 is 0.618 bits per heavy atom. The van der Waals surface area contributed by atoms with Crippen molar-refractivity contribution >= 4 is 33.6 Å². The van der Waals surface area contributed by atoms with Crippen LogP contribution in [0.5, 0.6) is 0 Å². The molecule has 0 saturated carbocycles. The van der Waals surface area contributed by atoms with Gasteiger partial charge < -0.3 is 34.2 Å². The van der Waals surface area contributed by atoms with Crippen LogP contribution in [0.4, 0.5) is 0 Å². The number of rotatable bonds is 60. The van der Waals surface area contributed by atoms with Crippen molar-refractivity contribution in [3.8, 4) is 0 Å². The Hall–Kier alpha value is -4.83.